The lowest BCUT2D eigenvalue weighted by molar-refractivity contribution is 0.112. The van der Waals surface area contributed by atoms with Crippen LogP contribution in [0.4, 0.5) is 56.9 Å². The molecule has 2 N–H and O–H groups in total. The van der Waals surface area contributed by atoms with Gasteiger partial charge < -0.3 is 48.2 Å². The molecule has 11 rings (SSSR count). The number of benzene rings is 11. The average molecular weight is 1490 g/mol. The van der Waals surface area contributed by atoms with E-state index in [2.05, 4.69) is 135 Å². The molecular weight excluding hydrogens is 1410 g/mol. The van der Waals surface area contributed by atoms with E-state index in [4.69, 9.17) is 40.0 Å². The molecule has 0 bridgehead atoms. The van der Waals surface area contributed by atoms with Crippen LogP contribution in [0.15, 0.2) is 261 Å². The molecule has 548 valence electrons. The van der Waals surface area contributed by atoms with E-state index in [1.807, 2.05) is 196 Å². The lowest BCUT2D eigenvalue weighted by Gasteiger charge is -2.25. The van der Waals surface area contributed by atoms with Crippen molar-refractivity contribution in [3.8, 4) is 59.0 Å². The number of hydrogen-bond acceptors (Lipinski definition) is 16. The van der Waals surface area contributed by atoms with Crippen molar-refractivity contribution in [2.45, 2.75) is 46.9 Å². The van der Waals surface area contributed by atoms with Crippen molar-refractivity contribution in [3.63, 3.8) is 0 Å². The number of aliphatic hydroxyl groups excluding tert-OH is 2. The summed E-state index contributed by atoms with van der Waals surface area (Å²) in [5.74, 6) is 2.52. The number of para-hydroxylation sites is 3. The minimum Gasteiger partial charge on any atom is -0.494 e. The van der Waals surface area contributed by atoms with Crippen LogP contribution in [0.3, 0.4) is 0 Å². The topological polar surface area (TPSA) is 223 Å². The molecule has 110 heavy (non-hydrogen) atoms. The minimum atomic E-state index is -3.68. The molecule has 0 unspecified atom stereocenters. The van der Waals surface area contributed by atoms with E-state index in [1.54, 1.807) is 26.0 Å². The normalized spacial score (nSPS) is 10.7. The molecular formula is C91H79N7O10P2. The van der Waals surface area contributed by atoms with Crippen molar-refractivity contribution >= 4 is 102 Å². The van der Waals surface area contributed by atoms with E-state index >= 15 is 0 Å². The first-order valence-corrected chi connectivity index (χ1v) is 38.9. The SMILES string of the molecule is CCOP(=O)(Cc1cc(C#N)c(CP(=O)(C#CO)C#CO)cc1C#N)OCC.CCOc1ccc(N(c2ccccc2)c2ccc(C=O)cc2)cc1.[C-]#[N+]c1cc(C=Cc2ccc(N(c3ccccc3)c3ccc(OCC)cc3)cc2)c(C#N)cc1C=Cc1ccc(N(c2ccccc2)c2ccc(OCC)cc2)cc1. The van der Waals surface area contributed by atoms with Gasteiger partial charge in [-0.25, -0.2) is 4.85 Å². The van der Waals surface area contributed by atoms with Gasteiger partial charge in [0.2, 0.25) is 7.14 Å². The fourth-order valence-corrected chi connectivity index (χ4v) is 14.7. The van der Waals surface area contributed by atoms with Crippen LogP contribution < -0.4 is 28.9 Å². The highest BCUT2D eigenvalue weighted by Gasteiger charge is 2.28. The van der Waals surface area contributed by atoms with Crippen LogP contribution in [0.5, 0.6) is 17.2 Å². The lowest BCUT2D eigenvalue weighted by Crippen LogP contribution is -2.09. The molecule has 0 atom stereocenters. The van der Waals surface area contributed by atoms with E-state index in [0.717, 1.165) is 85.8 Å². The molecule has 0 aromatic heterocycles. The first-order chi connectivity index (χ1) is 53.7. The van der Waals surface area contributed by atoms with Crippen molar-refractivity contribution in [1.29, 1.82) is 15.8 Å². The highest BCUT2D eigenvalue weighted by atomic mass is 31.2. The molecule has 17 nitrogen and oxygen atoms in total. The molecule has 0 amide bonds. The van der Waals surface area contributed by atoms with Crippen LogP contribution in [-0.2, 0) is 30.5 Å². The molecule has 0 saturated carbocycles. The Bertz CT molecular complexity index is 5150. The summed E-state index contributed by atoms with van der Waals surface area (Å²) in [6.07, 6.45) is 11.0. The van der Waals surface area contributed by atoms with E-state index < -0.39 is 14.7 Å². The number of aliphatic hydroxyl groups is 2. The Morgan fingerprint density at radius 1 is 0.391 bits per heavy atom. The monoisotopic (exact) mass is 1490 g/mol. The summed E-state index contributed by atoms with van der Waals surface area (Å²) in [4.78, 5) is 21.3. The molecule has 0 radical (unpaired) electrons. The maximum atomic E-state index is 12.8. The molecule has 19 heteroatoms. The van der Waals surface area contributed by atoms with E-state index in [9.17, 15) is 29.7 Å². The van der Waals surface area contributed by atoms with Crippen molar-refractivity contribution in [2.24, 2.45) is 0 Å². The molecule has 11 aromatic carbocycles. The molecule has 0 spiro atoms. The van der Waals surface area contributed by atoms with Crippen molar-refractivity contribution in [2.75, 3.05) is 47.7 Å². The van der Waals surface area contributed by atoms with Crippen molar-refractivity contribution in [1.82, 2.24) is 0 Å². The average Bonchev–Trinajstić information content (AvgIpc) is 0.832. The van der Waals surface area contributed by atoms with Gasteiger partial charge in [-0.05, 0) is 250 Å². The second-order valence-electron chi connectivity index (χ2n) is 23.9. The number of rotatable bonds is 28. The first kappa shape index (κ1) is 80.5. The quantitative estimate of drug-likeness (QED) is 0.0153. The zero-order chi connectivity index (χ0) is 78.1. The molecule has 0 aliphatic heterocycles. The molecule has 0 heterocycles. The summed E-state index contributed by atoms with van der Waals surface area (Å²) in [5.41, 5.74) is 18.9. The Labute approximate surface area is 643 Å². The number of carbonyl (C=O) groups excluding carboxylic acids is 1. The van der Waals surface area contributed by atoms with Crippen LogP contribution >= 0.6 is 14.7 Å². The van der Waals surface area contributed by atoms with Crippen molar-refractivity contribution < 1.29 is 47.4 Å². The summed E-state index contributed by atoms with van der Waals surface area (Å²) >= 11 is 0. The third kappa shape index (κ3) is 22.0. The van der Waals surface area contributed by atoms with Gasteiger partial charge in [-0.15, -0.1) is 0 Å². The number of nitrogens with zero attached hydrogens (tertiary/aromatic N) is 7. The standard InChI is InChI=1S/C52H42N4O2.C21H19NO2.C18H18N2O6P2/c1-4-57-50-32-28-48(29-33-50)55(44-12-8-6-9-13-44)46-24-18-39(19-25-46)16-22-41-37-52(54-3)42(36-43(41)38-53)23-17-40-20-26-47(27-21-40)56(45-14-10-7-11-15-45)49-30-34-51(35-31-49)58-5-2;1-2-24-21-14-12-20(13-15-21)22(18-6-4-3-5-7-18)19-10-8-17(16-23)9-11-19;1-3-25-28(24,26-4-2)14-18-10-15(11-19)17(9-16(18)12-20)13-27(23,7-5-21)8-6-22/h6-37H,4-5H2,1-2H3;3-16H,2H2,1H3;9-10,21-22H,3-4,13-14H2,1-2H3. The number of nitriles is 3. The highest BCUT2D eigenvalue weighted by Crippen LogP contribution is 2.53. The number of hydrogen-bond donors (Lipinski definition) is 2. The van der Waals surface area contributed by atoms with Gasteiger partial charge in [-0.1, -0.05) is 103 Å². The number of ether oxygens (including phenoxy) is 3. The largest absolute Gasteiger partial charge is 0.494 e. The molecule has 11 aromatic rings. The number of aldehydes is 1. The zero-order valence-electron chi connectivity index (χ0n) is 61.3. The third-order valence-corrected chi connectivity index (χ3v) is 20.4. The van der Waals surface area contributed by atoms with Gasteiger partial charge in [0.05, 0.1) is 80.7 Å². The summed E-state index contributed by atoms with van der Waals surface area (Å²) < 4.78 is 52.7. The first-order valence-electron chi connectivity index (χ1n) is 35.3. The Kier molecular flexibility index (Phi) is 29.9. The second kappa shape index (κ2) is 40.8. The fourth-order valence-electron chi connectivity index (χ4n) is 11.7. The number of carbonyl (C=O) groups is 1. The summed E-state index contributed by atoms with van der Waals surface area (Å²) in [6, 6.07) is 91.4. The summed E-state index contributed by atoms with van der Waals surface area (Å²) in [5, 5.41) is 46.5. The van der Waals surface area contributed by atoms with Crippen LogP contribution in [0.2, 0.25) is 0 Å². The van der Waals surface area contributed by atoms with E-state index in [1.165, 1.54) is 24.3 Å². The molecule has 0 aliphatic rings. The summed E-state index contributed by atoms with van der Waals surface area (Å²) in [7, 11) is -7.19. The molecule has 0 aliphatic carbocycles. The molecule has 0 saturated heterocycles. The van der Waals surface area contributed by atoms with Crippen LogP contribution in [0.25, 0.3) is 29.1 Å². The fraction of sp³-hybridized carbons (Fsp3) is 0.132. The maximum Gasteiger partial charge on any atom is 0.335 e. The zero-order valence-corrected chi connectivity index (χ0v) is 63.1. The smallest absolute Gasteiger partial charge is 0.335 e. The second-order valence-corrected chi connectivity index (χ2v) is 28.2. The van der Waals surface area contributed by atoms with Crippen LogP contribution in [-0.4, -0.2) is 49.5 Å². The highest BCUT2D eigenvalue weighted by molar-refractivity contribution is 7.73. The van der Waals surface area contributed by atoms with Gasteiger partial charge in [0.1, 0.15) is 35.7 Å². The van der Waals surface area contributed by atoms with Crippen molar-refractivity contribution in [3.05, 3.63) is 328 Å². The lowest BCUT2D eigenvalue weighted by atomic mass is 10.0. The van der Waals surface area contributed by atoms with Gasteiger partial charge in [-0.3, -0.25) is 13.9 Å². The maximum absolute atomic E-state index is 12.8. The van der Waals surface area contributed by atoms with E-state index in [0.29, 0.717) is 47.8 Å². The van der Waals surface area contributed by atoms with Crippen LogP contribution in [0.1, 0.15) is 95.0 Å². The predicted octanol–water partition coefficient (Wildman–Crippen LogP) is 23.2. The Morgan fingerprint density at radius 2 is 0.709 bits per heavy atom. The minimum absolute atomic E-state index is 0.0632. The van der Waals surface area contributed by atoms with Gasteiger partial charge in [0.15, 0.2) is 5.69 Å². The van der Waals surface area contributed by atoms with Gasteiger partial charge in [-0.2, -0.15) is 15.8 Å². The Hall–Kier alpha value is -13.6. The summed E-state index contributed by atoms with van der Waals surface area (Å²) in [6.45, 7) is 19.4. The van der Waals surface area contributed by atoms with Gasteiger partial charge in [0, 0.05) is 74.2 Å². The van der Waals surface area contributed by atoms with Crippen LogP contribution in [0, 0.1) is 64.1 Å². The van der Waals surface area contributed by atoms with Gasteiger partial charge in [0.25, 0.3) is 0 Å². The molecule has 0 fully saturated rings. The van der Waals surface area contributed by atoms with Gasteiger partial charge >= 0.3 is 7.60 Å². The Balaban J connectivity index is 0.000000221. The number of anilines is 9. The predicted molar refractivity (Wildman–Crippen MR) is 439 cm³/mol. The van der Waals surface area contributed by atoms with E-state index in [-0.39, 0.29) is 47.8 Å². The Morgan fingerprint density at radius 3 is 1.02 bits per heavy atom. The third-order valence-electron chi connectivity index (χ3n) is 16.6.